The van der Waals surface area contributed by atoms with Crippen molar-refractivity contribution in [2.75, 3.05) is 0 Å². The minimum absolute atomic E-state index is 0.0997. The third-order valence-corrected chi connectivity index (χ3v) is 10.8. The van der Waals surface area contributed by atoms with E-state index in [0.717, 1.165) is 12.8 Å². The predicted octanol–water partition coefficient (Wildman–Crippen LogP) is 9.61. The van der Waals surface area contributed by atoms with Crippen LogP contribution < -0.4 is 5.19 Å². The maximum atomic E-state index is 2.66. The van der Waals surface area contributed by atoms with Crippen LogP contribution in [0.3, 0.4) is 0 Å². The van der Waals surface area contributed by atoms with Crippen LogP contribution in [-0.2, 0) is 23.7 Å². The first-order valence-electron chi connectivity index (χ1n) is 15.9. The van der Waals surface area contributed by atoms with Crippen LogP contribution in [0.15, 0.2) is 71.4 Å². The van der Waals surface area contributed by atoms with Crippen LogP contribution >= 0.6 is 0 Å². The van der Waals surface area contributed by atoms with Gasteiger partial charge in [0.05, 0.1) is 9.52 Å². The second-order valence-corrected chi connectivity index (χ2v) is 16.8. The fourth-order valence-electron chi connectivity index (χ4n) is 6.55. The van der Waals surface area contributed by atoms with Crippen LogP contribution in [-0.4, -0.2) is 9.52 Å². The minimum atomic E-state index is -0.691. The van der Waals surface area contributed by atoms with Gasteiger partial charge in [-0.05, 0) is 88.0 Å². The molecule has 0 saturated heterocycles. The summed E-state index contributed by atoms with van der Waals surface area (Å²) in [7, 11) is -0.691. The Balaban J connectivity index is 2.02. The molecule has 1 heteroatoms. The van der Waals surface area contributed by atoms with E-state index < -0.39 is 9.52 Å². The van der Waals surface area contributed by atoms with E-state index in [1.165, 1.54) is 50.1 Å². The maximum absolute atomic E-state index is 2.66. The van der Waals surface area contributed by atoms with Gasteiger partial charge in [0.2, 0.25) is 0 Å². The van der Waals surface area contributed by atoms with E-state index >= 15 is 0 Å². The Morgan fingerprint density at radius 1 is 0.683 bits per heavy atom. The van der Waals surface area contributed by atoms with Crippen LogP contribution in [0.1, 0.15) is 120 Å². The molecule has 0 radical (unpaired) electrons. The molecule has 0 amide bonds. The zero-order valence-corrected chi connectivity index (χ0v) is 29.5. The van der Waals surface area contributed by atoms with Gasteiger partial charge in [-0.1, -0.05) is 151 Å². The summed E-state index contributed by atoms with van der Waals surface area (Å²) in [5.74, 6) is 0.802. The van der Waals surface area contributed by atoms with E-state index in [-0.39, 0.29) is 10.8 Å². The lowest BCUT2D eigenvalue weighted by molar-refractivity contribution is 0.566. The van der Waals surface area contributed by atoms with Gasteiger partial charge < -0.3 is 0 Å². The first-order valence-corrected chi connectivity index (χ1v) is 17.3. The standard InChI is InChI=1S/C40H54Si/c1-13-28-18-29(14-2)20-30(19-28)35-24-36(31-21-32(39(7,8)9)23-33(22-31)40(10,11)12)38(37(35)25(3)4)41-34-16-26(5)15-27(6)17-34/h15-25,36H,13-14,41H2,1-12H3. The fourth-order valence-corrected chi connectivity index (χ4v) is 9.20. The number of hydrogen-bond donors (Lipinski definition) is 0. The van der Waals surface area contributed by atoms with Gasteiger partial charge in [0.25, 0.3) is 0 Å². The summed E-state index contributed by atoms with van der Waals surface area (Å²) in [5, 5.41) is 3.28. The third kappa shape index (κ3) is 7.06. The highest BCUT2D eigenvalue weighted by atomic mass is 28.2. The van der Waals surface area contributed by atoms with E-state index in [9.17, 15) is 0 Å². The lowest BCUT2D eigenvalue weighted by Crippen LogP contribution is -2.22. The molecule has 0 N–H and O–H groups in total. The Kier molecular flexibility index (Phi) is 9.10. The molecule has 0 saturated carbocycles. The van der Waals surface area contributed by atoms with Crippen molar-refractivity contribution in [2.24, 2.45) is 5.92 Å². The molecule has 4 rings (SSSR count). The van der Waals surface area contributed by atoms with Gasteiger partial charge >= 0.3 is 0 Å². The molecule has 0 heterocycles. The molecule has 1 aliphatic carbocycles. The van der Waals surface area contributed by atoms with Gasteiger partial charge in [-0.3, -0.25) is 0 Å². The smallest absolute Gasteiger partial charge is 0.0676 e. The van der Waals surface area contributed by atoms with Crippen LogP contribution in [0.2, 0.25) is 0 Å². The first-order chi connectivity index (χ1) is 19.1. The molecule has 0 fully saturated rings. The van der Waals surface area contributed by atoms with Crippen LogP contribution in [0, 0.1) is 19.8 Å². The lowest BCUT2D eigenvalue weighted by atomic mass is 9.78. The Bertz CT molecular complexity index is 1410. The van der Waals surface area contributed by atoms with E-state index in [4.69, 9.17) is 0 Å². The molecule has 1 unspecified atom stereocenters. The van der Waals surface area contributed by atoms with Crippen molar-refractivity contribution in [1.82, 2.24) is 0 Å². The van der Waals surface area contributed by atoms with Crippen molar-refractivity contribution >= 4 is 20.3 Å². The Morgan fingerprint density at radius 3 is 1.63 bits per heavy atom. The van der Waals surface area contributed by atoms with Gasteiger partial charge in [0.1, 0.15) is 0 Å². The second kappa shape index (κ2) is 11.9. The molecule has 0 bridgehead atoms. The predicted molar refractivity (Wildman–Crippen MR) is 186 cm³/mol. The molecule has 41 heavy (non-hydrogen) atoms. The maximum Gasteiger partial charge on any atom is 0.0840 e. The van der Waals surface area contributed by atoms with Gasteiger partial charge in [0.15, 0.2) is 0 Å². The Labute approximate surface area is 254 Å². The van der Waals surface area contributed by atoms with Crippen molar-refractivity contribution in [3.8, 4) is 0 Å². The highest BCUT2D eigenvalue weighted by Gasteiger charge is 2.32. The van der Waals surface area contributed by atoms with Crippen molar-refractivity contribution in [2.45, 2.75) is 113 Å². The van der Waals surface area contributed by atoms with Crippen molar-refractivity contribution in [1.29, 1.82) is 0 Å². The van der Waals surface area contributed by atoms with E-state index in [2.05, 4.69) is 144 Å². The van der Waals surface area contributed by atoms with E-state index in [0.29, 0.717) is 11.8 Å². The fraction of sp³-hybridized carbons (Fsp3) is 0.450. The molecule has 0 spiro atoms. The number of aryl methyl sites for hydroxylation is 4. The second-order valence-electron chi connectivity index (χ2n) is 14.9. The normalized spacial score (nSPS) is 16.4. The molecular weight excluding hydrogens is 509 g/mol. The number of rotatable bonds is 7. The van der Waals surface area contributed by atoms with Crippen LogP contribution in [0.4, 0.5) is 0 Å². The average Bonchev–Trinajstić information content (AvgIpc) is 3.25. The molecule has 1 aliphatic rings. The number of hydrogen-bond acceptors (Lipinski definition) is 0. The number of benzene rings is 3. The van der Waals surface area contributed by atoms with Gasteiger partial charge in [-0.25, -0.2) is 0 Å². The van der Waals surface area contributed by atoms with Gasteiger partial charge in [-0.2, -0.15) is 0 Å². The topological polar surface area (TPSA) is 0 Å². The zero-order chi connectivity index (χ0) is 30.3. The lowest BCUT2D eigenvalue weighted by Gasteiger charge is -2.28. The average molecular weight is 563 g/mol. The van der Waals surface area contributed by atoms with Crippen LogP contribution in [0.5, 0.6) is 0 Å². The molecule has 3 aromatic rings. The molecule has 0 aliphatic heterocycles. The van der Waals surface area contributed by atoms with Crippen molar-refractivity contribution in [3.05, 3.63) is 116 Å². The summed E-state index contributed by atoms with van der Waals surface area (Å²) in [6.45, 7) is 28.1. The molecular formula is C40H54Si. The minimum Gasteiger partial charge on any atom is -0.0676 e. The summed E-state index contributed by atoms with van der Waals surface area (Å²) in [4.78, 5) is 0. The van der Waals surface area contributed by atoms with Crippen molar-refractivity contribution in [3.63, 3.8) is 0 Å². The summed E-state index contributed by atoms with van der Waals surface area (Å²) in [5.41, 5.74) is 14.7. The molecule has 218 valence electrons. The highest BCUT2D eigenvalue weighted by molar-refractivity contribution is 6.62. The summed E-state index contributed by atoms with van der Waals surface area (Å²) in [6, 6.07) is 22.1. The highest BCUT2D eigenvalue weighted by Crippen LogP contribution is 2.46. The first kappa shape index (κ1) is 31.3. The quantitative estimate of drug-likeness (QED) is 0.251. The Hall–Kier alpha value is -2.64. The third-order valence-electron chi connectivity index (χ3n) is 8.82. The van der Waals surface area contributed by atoms with Crippen LogP contribution in [0.25, 0.3) is 5.57 Å². The number of allylic oxidation sites excluding steroid dienone is 4. The van der Waals surface area contributed by atoms with E-state index in [1.807, 2.05) is 0 Å². The SMILES string of the molecule is CCc1cc(CC)cc(C2=CC(c3cc(C(C)(C)C)cc(C(C)(C)C)c3)C([SiH2]c3cc(C)cc(C)c3)=C2C(C)C)c1. The van der Waals surface area contributed by atoms with Gasteiger partial charge in [-0.15, -0.1) is 0 Å². The molecule has 3 aromatic carbocycles. The Morgan fingerprint density at radius 2 is 1.20 bits per heavy atom. The zero-order valence-electron chi connectivity index (χ0n) is 28.0. The monoisotopic (exact) mass is 562 g/mol. The summed E-state index contributed by atoms with van der Waals surface area (Å²) < 4.78 is 0. The van der Waals surface area contributed by atoms with Gasteiger partial charge in [0, 0.05) is 5.92 Å². The molecule has 0 aromatic heterocycles. The summed E-state index contributed by atoms with van der Waals surface area (Å²) in [6.07, 6.45) is 4.80. The summed E-state index contributed by atoms with van der Waals surface area (Å²) >= 11 is 0. The van der Waals surface area contributed by atoms with Crippen molar-refractivity contribution < 1.29 is 0 Å². The largest absolute Gasteiger partial charge is 0.0840 e. The molecule has 0 nitrogen and oxygen atoms in total. The molecule has 1 atom stereocenters. The van der Waals surface area contributed by atoms with E-state index in [1.54, 1.807) is 16.0 Å².